The van der Waals surface area contributed by atoms with Crippen LogP contribution in [-0.4, -0.2) is 5.91 Å². The highest BCUT2D eigenvalue weighted by atomic mass is 16.4. The number of aryl methyl sites for hydroxylation is 1. The van der Waals surface area contributed by atoms with Crippen LogP contribution in [-0.2, 0) is 0 Å². The number of rotatable bonds is 3. The molecule has 3 aromatic carbocycles. The molecule has 146 valence electrons. The van der Waals surface area contributed by atoms with Crippen LogP contribution in [0, 0.1) is 6.92 Å². The van der Waals surface area contributed by atoms with Gasteiger partial charge in [0.2, 0.25) is 0 Å². The lowest BCUT2D eigenvalue weighted by atomic mass is 10.0. The van der Waals surface area contributed by atoms with Crippen molar-refractivity contribution in [1.29, 1.82) is 0 Å². The molecule has 5 nitrogen and oxygen atoms in total. The summed E-state index contributed by atoms with van der Waals surface area (Å²) in [6.07, 6.45) is 0. The van der Waals surface area contributed by atoms with E-state index in [1.807, 2.05) is 67.6 Å². The van der Waals surface area contributed by atoms with Crippen molar-refractivity contribution in [1.82, 2.24) is 0 Å². The van der Waals surface area contributed by atoms with Crippen LogP contribution in [0.4, 0.5) is 5.69 Å². The van der Waals surface area contributed by atoms with Crippen LogP contribution in [0.5, 0.6) is 0 Å². The third-order valence-corrected chi connectivity index (χ3v) is 5.07. The van der Waals surface area contributed by atoms with Crippen molar-refractivity contribution in [3.63, 3.8) is 0 Å². The average molecular weight is 395 g/mol. The Labute approximate surface area is 171 Å². The van der Waals surface area contributed by atoms with Gasteiger partial charge in [-0.1, -0.05) is 42.5 Å². The lowest BCUT2D eigenvalue weighted by Crippen LogP contribution is -2.11. The molecule has 5 aromatic rings. The number of anilines is 1. The zero-order valence-electron chi connectivity index (χ0n) is 16.1. The van der Waals surface area contributed by atoms with Crippen molar-refractivity contribution in [3.05, 3.63) is 101 Å². The highest BCUT2D eigenvalue weighted by Gasteiger charge is 2.14. The summed E-state index contributed by atoms with van der Waals surface area (Å²) < 4.78 is 11.1. The van der Waals surface area contributed by atoms with Crippen molar-refractivity contribution in [2.24, 2.45) is 0 Å². The minimum Gasteiger partial charge on any atom is -0.451 e. The van der Waals surface area contributed by atoms with E-state index in [1.54, 1.807) is 18.2 Å². The number of para-hydroxylation sites is 2. The van der Waals surface area contributed by atoms with Crippen LogP contribution in [0.3, 0.4) is 0 Å². The molecule has 0 atom stereocenters. The highest BCUT2D eigenvalue weighted by Crippen LogP contribution is 2.27. The first-order valence-corrected chi connectivity index (χ1v) is 9.52. The summed E-state index contributed by atoms with van der Waals surface area (Å²) in [5, 5.41) is 4.58. The molecule has 0 spiro atoms. The Morgan fingerprint density at radius 2 is 1.43 bits per heavy atom. The first-order chi connectivity index (χ1) is 14.6. The Hall–Kier alpha value is -4.12. The summed E-state index contributed by atoms with van der Waals surface area (Å²) >= 11 is 0. The normalized spacial score (nSPS) is 11.1. The predicted molar refractivity (Wildman–Crippen MR) is 117 cm³/mol. The maximum Gasteiger partial charge on any atom is 0.344 e. The highest BCUT2D eigenvalue weighted by molar-refractivity contribution is 6.04. The number of hydrogen-bond acceptors (Lipinski definition) is 4. The number of benzene rings is 3. The molecule has 0 aliphatic heterocycles. The second kappa shape index (κ2) is 7.04. The monoisotopic (exact) mass is 395 g/mol. The largest absolute Gasteiger partial charge is 0.451 e. The van der Waals surface area contributed by atoms with Gasteiger partial charge < -0.3 is 14.2 Å². The third kappa shape index (κ3) is 3.16. The average Bonchev–Trinajstić information content (AvgIpc) is 3.18. The maximum absolute atomic E-state index is 12.6. The Kier molecular flexibility index (Phi) is 4.21. The second-order valence-corrected chi connectivity index (χ2v) is 7.12. The van der Waals surface area contributed by atoms with E-state index in [-0.39, 0.29) is 11.7 Å². The Bertz CT molecular complexity index is 1440. The molecule has 0 radical (unpaired) electrons. The van der Waals surface area contributed by atoms with Crippen LogP contribution < -0.4 is 10.9 Å². The van der Waals surface area contributed by atoms with Crippen molar-refractivity contribution >= 4 is 33.5 Å². The standard InChI is InChI=1S/C25H17NO4/c1-15-12-18(26-24(27)23-14-17-7-3-4-8-21(17)29-23)10-11-19(15)20-13-16-6-2-5-9-22(16)30-25(20)28/h2-14H,1H3,(H,26,27). The molecule has 0 fully saturated rings. The first-order valence-electron chi connectivity index (χ1n) is 9.52. The minimum atomic E-state index is -0.393. The van der Waals surface area contributed by atoms with E-state index < -0.39 is 5.63 Å². The zero-order chi connectivity index (χ0) is 20.7. The van der Waals surface area contributed by atoms with Crippen molar-refractivity contribution in [2.45, 2.75) is 6.92 Å². The lowest BCUT2D eigenvalue weighted by Gasteiger charge is -2.09. The van der Waals surface area contributed by atoms with Gasteiger partial charge in [0, 0.05) is 16.5 Å². The fourth-order valence-corrected chi connectivity index (χ4v) is 3.58. The molecule has 2 aromatic heterocycles. The number of carbonyl (C=O) groups is 1. The van der Waals surface area contributed by atoms with Gasteiger partial charge in [0.25, 0.3) is 5.91 Å². The fraction of sp³-hybridized carbons (Fsp3) is 0.0400. The molecule has 1 N–H and O–H groups in total. The van der Waals surface area contributed by atoms with Gasteiger partial charge in [0.15, 0.2) is 5.76 Å². The molecule has 0 saturated carbocycles. The zero-order valence-corrected chi connectivity index (χ0v) is 16.1. The van der Waals surface area contributed by atoms with Crippen LogP contribution in [0.25, 0.3) is 33.1 Å². The number of furan rings is 1. The van der Waals surface area contributed by atoms with Gasteiger partial charge in [-0.2, -0.15) is 0 Å². The first kappa shape index (κ1) is 17.9. The smallest absolute Gasteiger partial charge is 0.344 e. The molecule has 0 aliphatic carbocycles. The summed E-state index contributed by atoms with van der Waals surface area (Å²) in [5.74, 6) is -0.0864. The molecular weight excluding hydrogens is 378 g/mol. The molecule has 0 aliphatic rings. The Morgan fingerprint density at radius 1 is 0.767 bits per heavy atom. The summed E-state index contributed by atoms with van der Waals surface area (Å²) in [7, 11) is 0. The van der Waals surface area contributed by atoms with Gasteiger partial charge in [0.05, 0.1) is 5.56 Å². The SMILES string of the molecule is Cc1cc(NC(=O)c2cc3ccccc3o2)ccc1-c1cc2ccccc2oc1=O. The number of fused-ring (bicyclic) bond motifs is 2. The van der Waals surface area contributed by atoms with Gasteiger partial charge in [-0.25, -0.2) is 4.79 Å². The number of nitrogens with one attached hydrogen (secondary N) is 1. The van der Waals surface area contributed by atoms with E-state index in [0.29, 0.717) is 22.4 Å². The molecule has 5 heteroatoms. The summed E-state index contributed by atoms with van der Waals surface area (Å²) in [4.78, 5) is 25.1. The molecule has 1 amide bonds. The Morgan fingerprint density at radius 3 is 2.13 bits per heavy atom. The summed E-state index contributed by atoms with van der Waals surface area (Å²) in [6, 6.07) is 23.8. The van der Waals surface area contributed by atoms with Crippen molar-refractivity contribution in [2.75, 3.05) is 5.32 Å². The molecule has 2 heterocycles. The number of carbonyl (C=O) groups excluding carboxylic acids is 1. The van der Waals surface area contributed by atoms with Crippen LogP contribution in [0.2, 0.25) is 0 Å². The topological polar surface area (TPSA) is 72.5 Å². The summed E-state index contributed by atoms with van der Waals surface area (Å²) in [6.45, 7) is 1.89. The van der Waals surface area contributed by atoms with E-state index in [0.717, 1.165) is 21.9 Å². The molecule has 0 saturated heterocycles. The van der Waals surface area contributed by atoms with Gasteiger partial charge in [-0.15, -0.1) is 0 Å². The minimum absolute atomic E-state index is 0.244. The number of hydrogen-bond donors (Lipinski definition) is 1. The van der Waals surface area contributed by atoms with E-state index in [1.165, 1.54) is 0 Å². The lowest BCUT2D eigenvalue weighted by molar-refractivity contribution is 0.0998. The quantitative estimate of drug-likeness (QED) is 0.394. The third-order valence-electron chi connectivity index (χ3n) is 5.07. The van der Waals surface area contributed by atoms with Crippen LogP contribution in [0.15, 0.2) is 92.5 Å². The van der Waals surface area contributed by atoms with Gasteiger partial charge in [-0.05, 0) is 54.4 Å². The van der Waals surface area contributed by atoms with Gasteiger partial charge in [-0.3, -0.25) is 4.79 Å². The van der Waals surface area contributed by atoms with Gasteiger partial charge in [0.1, 0.15) is 11.2 Å². The Balaban J connectivity index is 1.45. The molecule has 5 rings (SSSR count). The molecular formula is C25H17NO4. The van der Waals surface area contributed by atoms with Gasteiger partial charge >= 0.3 is 5.63 Å². The maximum atomic E-state index is 12.6. The van der Waals surface area contributed by atoms with E-state index in [4.69, 9.17) is 8.83 Å². The summed E-state index contributed by atoms with van der Waals surface area (Å²) in [5.41, 5.74) is 3.54. The van der Waals surface area contributed by atoms with Crippen LogP contribution >= 0.6 is 0 Å². The molecule has 0 unspecified atom stereocenters. The second-order valence-electron chi connectivity index (χ2n) is 7.12. The fourth-order valence-electron chi connectivity index (χ4n) is 3.58. The van der Waals surface area contributed by atoms with Crippen molar-refractivity contribution < 1.29 is 13.6 Å². The van der Waals surface area contributed by atoms with Crippen LogP contribution in [0.1, 0.15) is 16.1 Å². The molecule has 0 bridgehead atoms. The number of amides is 1. The van der Waals surface area contributed by atoms with E-state index >= 15 is 0 Å². The van der Waals surface area contributed by atoms with Crippen molar-refractivity contribution in [3.8, 4) is 11.1 Å². The van der Waals surface area contributed by atoms with E-state index in [2.05, 4.69) is 5.32 Å². The molecule has 30 heavy (non-hydrogen) atoms. The van der Waals surface area contributed by atoms with E-state index in [9.17, 15) is 9.59 Å². The predicted octanol–water partition coefficient (Wildman–Crippen LogP) is 5.77.